The Balaban J connectivity index is 1.82. The normalized spacial score (nSPS) is 17.0. The van der Waals surface area contributed by atoms with Crippen LogP contribution in [0, 0.1) is 0 Å². The number of carbonyl (C=O) groups excluding carboxylic acids is 1. The van der Waals surface area contributed by atoms with Crippen LogP contribution in [0.15, 0.2) is 74.4 Å². The van der Waals surface area contributed by atoms with Gasteiger partial charge in [-0.3, -0.25) is 4.79 Å². The molecule has 0 saturated heterocycles. The molecule has 0 spiro atoms. The predicted molar refractivity (Wildman–Crippen MR) is 118 cm³/mol. The largest absolute Gasteiger partial charge is 0.327 e. The third-order valence-corrected chi connectivity index (χ3v) is 5.18. The van der Waals surface area contributed by atoms with Crippen molar-refractivity contribution in [2.24, 2.45) is 9.98 Å². The van der Waals surface area contributed by atoms with Crippen molar-refractivity contribution < 1.29 is 4.79 Å². The van der Waals surface area contributed by atoms with Crippen molar-refractivity contribution in [1.29, 1.82) is 0 Å². The number of aliphatic imine (C=N–C) groups is 2. The molecule has 0 aliphatic carbocycles. The summed E-state index contributed by atoms with van der Waals surface area (Å²) in [4.78, 5) is 23.7. The number of hydrogen-bond donors (Lipinski definition) is 0. The Morgan fingerprint density at radius 3 is 2.63 bits per heavy atom. The minimum absolute atomic E-state index is 0.326. The summed E-state index contributed by atoms with van der Waals surface area (Å²) in [7, 11) is 0. The van der Waals surface area contributed by atoms with E-state index in [1.165, 1.54) is 0 Å². The molecule has 2 aromatic carbocycles. The van der Waals surface area contributed by atoms with Crippen LogP contribution in [0.4, 0.5) is 0 Å². The van der Waals surface area contributed by atoms with Crippen molar-refractivity contribution in [3.8, 4) is 0 Å². The van der Waals surface area contributed by atoms with Gasteiger partial charge in [-0.1, -0.05) is 47.5 Å². The summed E-state index contributed by atoms with van der Waals surface area (Å²) in [5.41, 5.74) is 2.20. The predicted octanol–water partition coefficient (Wildman–Crippen LogP) is 5.64. The Morgan fingerprint density at radius 2 is 1.85 bits per heavy atom. The summed E-state index contributed by atoms with van der Waals surface area (Å²) in [5.74, 6) is 0.674. The van der Waals surface area contributed by atoms with E-state index >= 15 is 0 Å². The van der Waals surface area contributed by atoms with E-state index in [9.17, 15) is 4.79 Å². The van der Waals surface area contributed by atoms with Crippen molar-refractivity contribution in [2.75, 3.05) is 0 Å². The second-order valence-electron chi connectivity index (χ2n) is 6.00. The first-order chi connectivity index (χ1) is 13.0. The average Bonchev–Trinajstić information content (AvgIpc) is 2.77. The number of nitrogens with zero attached hydrogens (tertiary/aromatic N) is 3. The Labute approximate surface area is 180 Å². The van der Waals surface area contributed by atoms with Gasteiger partial charge in [0.2, 0.25) is 0 Å². The zero-order valence-electron chi connectivity index (χ0n) is 13.9. The molecule has 2 aromatic rings. The first-order valence-electron chi connectivity index (χ1n) is 8.08. The van der Waals surface area contributed by atoms with Crippen LogP contribution in [0.3, 0.4) is 0 Å². The molecule has 134 valence electrons. The number of benzene rings is 2. The van der Waals surface area contributed by atoms with Crippen LogP contribution in [0.2, 0.25) is 10.0 Å². The second kappa shape index (κ2) is 7.58. The number of hydrogen-bond acceptors (Lipinski definition) is 2. The number of amides is 1. The average molecular weight is 508 g/mol. The van der Waals surface area contributed by atoms with E-state index in [4.69, 9.17) is 23.2 Å². The molecule has 2 aliphatic heterocycles. The van der Waals surface area contributed by atoms with Gasteiger partial charge in [-0.15, -0.1) is 0 Å². The lowest BCUT2D eigenvalue weighted by Gasteiger charge is -2.21. The van der Waals surface area contributed by atoms with E-state index in [0.29, 0.717) is 28.0 Å². The maximum atomic E-state index is 12.7. The molecule has 1 amide bonds. The van der Waals surface area contributed by atoms with Gasteiger partial charge < -0.3 is 4.90 Å². The summed E-state index contributed by atoms with van der Waals surface area (Å²) in [6.45, 7) is 0.655. The zero-order valence-corrected chi connectivity index (χ0v) is 17.5. The number of rotatable bonds is 1. The maximum Gasteiger partial charge on any atom is 0.279 e. The van der Waals surface area contributed by atoms with Gasteiger partial charge in [0.25, 0.3) is 5.91 Å². The summed E-state index contributed by atoms with van der Waals surface area (Å²) in [6.07, 6.45) is 5.92. The van der Waals surface area contributed by atoms with E-state index in [1.54, 1.807) is 18.2 Å². The fourth-order valence-corrected chi connectivity index (χ4v) is 3.93. The maximum absolute atomic E-state index is 12.7. The van der Waals surface area contributed by atoms with Gasteiger partial charge in [0.05, 0.1) is 0 Å². The SMILES string of the molecule is O=C(N=C1N=C2C=CC(I)=CN2Cc2ccccc21)c1cc(Cl)cc(Cl)c1. The van der Waals surface area contributed by atoms with Gasteiger partial charge in [-0.25, -0.2) is 4.99 Å². The Bertz CT molecular complexity index is 1050. The molecule has 2 aliphatic rings. The molecule has 4 rings (SSSR count). The van der Waals surface area contributed by atoms with Gasteiger partial charge in [0, 0.05) is 37.5 Å². The number of halogens is 3. The topological polar surface area (TPSA) is 45.0 Å². The van der Waals surface area contributed by atoms with Crippen molar-refractivity contribution in [1.82, 2.24) is 4.90 Å². The van der Waals surface area contributed by atoms with Gasteiger partial charge in [-0.05, 0) is 58.5 Å². The minimum atomic E-state index is -0.438. The highest BCUT2D eigenvalue weighted by atomic mass is 127. The van der Waals surface area contributed by atoms with Gasteiger partial charge in [0.1, 0.15) is 5.84 Å². The van der Waals surface area contributed by atoms with Crippen LogP contribution in [-0.4, -0.2) is 22.5 Å². The van der Waals surface area contributed by atoms with E-state index in [-0.39, 0.29) is 0 Å². The molecule has 0 radical (unpaired) electrons. The molecule has 7 heteroatoms. The molecule has 0 fully saturated rings. The van der Waals surface area contributed by atoms with Crippen LogP contribution >= 0.6 is 45.8 Å². The van der Waals surface area contributed by atoms with Crippen LogP contribution in [0.1, 0.15) is 21.5 Å². The van der Waals surface area contributed by atoms with Crippen molar-refractivity contribution >= 4 is 63.4 Å². The third kappa shape index (κ3) is 4.00. The monoisotopic (exact) mass is 507 g/mol. The fourth-order valence-electron chi connectivity index (χ4n) is 2.89. The Kier molecular flexibility index (Phi) is 5.16. The van der Waals surface area contributed by atoms with E-state index in [1.807, 2.05) is 47.5 Å². The number of amidine groups is 2. The molecule has 0 bridgehead atoms. The smallest absolute Gasteiger partial charge is 0.279 e. The van der Waals surface area contributed by atoms with Crippen LogP contribution in [0.5, 0.6) is 0 Å². The lowest BCUT2D eigenvalue weighted by Crippen LogP contribution is -2.24. The molecule has 0 aromatic heterocycles. The van der Waals surface area contributed by atoms with Crippen molar-refractivity contribution in [3.63, 3.8) is 0 Å². The Morgan fingerprint density at radius 1 is 1.11 bits per heavy atom. The standard InChI is InChI=1S/C20H12Cl2IN3O/c21-14-7-13(8-15(22)9-14)20(27)25-19-17-4-2-1-3-12(17)10-26-11-16(23)5-6-18(26)24-19/h1-9,11H,10H2. The molecule has 0 N–H and O–H groups in total. The first-order valence-corrected chi connectivity index (χ1v) is 9.91. The summed E-state index contributed by atoms with van der Waals surface area (Å²) in [6, 6.07) is 12.5. The van der Waals surface area contributed by atoms with Crippen LogP contribution in [0.25, 0.3) is 0 Å². The highest BCUT2D eigenvalue weighted by Crippen LogP contribution is 2.25. The molecule has 0 saturated carbocycles. The summed E-state index contributed by atoms with van der Waals surface area (Å²) < 4.78 is 1.11. The second-order valence-corrected chi connectivity index (χ2v) is 8.12. The van der Waals surface area contributed by atoms with Crippen molar-refractivity contribution in [2.45, 2.75) is 6.54 Å². The van der Waals surface area contributed by atoms with Crippen LogP contribution in [-0.2, 0) is 6.54 Å². The molecule has 0 atom stereocenters. The molecule has 4 nitrogen and oxygen atoms in total. The molecular formula is C20H12Cl2IN3O. The van der Waals surface area contributed by atoms with Crippen LogP contribution < -0.4 is 0 Å². The number of allylic oxidation sites excluding steroid dienone is 2. The van der Waals surface area contributed by atoms with Gasteiger partial charge >= 0.3 is 0 Å². The van der Waals surface area contributed by atoms with Crippen molar-refractivity contribution in [3.05, 3.63) is 91.1 Å². The number of fused-ring (bicyclic) bond motifs is 2. The lowest BCUT2D eigenvalue weighted by atomic mass is 10.1. The molecule has 27 heavy (non-hydrogen) atoms. The summed E-state index contributed by atoms with van der Waals surface area (Å²) >= 11 is 14.3. The zero-order chi connectivity index (χ0) is 19.0. The highest BCUT2D eigenvalue weighted by Gasteiger charge is 2.22. The highest BCUT2D eigenvalue weighted by molar-refractivity contribution is 14.1. The fraction of sp³-hybridized carbons (Fsp3) is 0.0500. The Hall–Kier alpha value is -1.96. The molecular weight excluding hydrogens is 496 g/mol. The van der Waals surface area contributed by atoms with E-state index in [0.717, 1.165) is 20.5 Å². The quantitative estimate of drug-likeness (QED) is 0.469. The van der Waals surface area contributed by atoms with E-state index < -0.39 is 5.91 Å². The molecule has 2 heterocycles. The number of carbonyl (C=O) groups is 1. The molecule has 0 unspecified atom stereocenters. The first kappa shape index (κ1) is 18.4. The van der Waals surface area contributed by atoms with Gasteiger partial charge in [0.15, 0.2) is 5.84 Å². The third-order valence-electron chi connectivity index (χ3n) is 4.10. The minimum Gasteiger partial charge on any atom is -0.327 e. The van der Waals surface area contributed by atoms with E-state index in [2.05, 4.69) is 32.6 Å². The van der Waals surface area contributed by atoms with Gasteiger partial charge in [-0.2, -0.15) is 4.99 Å². The summed E-state index contributed by atoms with van der Waals surface area (Å²) in [5, 5.41) is 0.777. The lowest BCUT2D eigenvalue weighted by molar-refractivity contribution is 0.100.